The van der Waals surface area contributed by atoms with E-state index in [0.29, 0.717) is 11.6 Å². The number of ether oxygens (including phenoxy) is 1. The zero-order chi connectivity index (χ0) is 24.4. The predicted molar refractivity (Wildman–Crippen MR) is 120 cm³/mol. The molecule has 0 fully saturated rings. The number of fused-ring (bicyclic) bond motifs is 1. The number of Topliss-reactive ketones (excluding diaryl/α,β-unsaturated/α-hetero) is 1. The van der Waals surface area contributed by atoms with E-state index in [1.807, 2.05) is 0 Å². The number of rotatable bonds is 5. The maximum Gasteiger partial charge on any atom is 0.262 e. The first-order valence-corrected chi connectivity index (χ1v) is 10.2. The van der Waals surface area contributed by atoms with Crippen LogP contribution in [0.15, 0.2) is 60.3 Å². The fourth-order valence-electron chi connectivity index (χ4n) is 3.54. The summed E-state index contributed by atoms with van der Waals surface area (Å²) in [5.41, 5.74) is 1.43. The number of amides is 2. The molecule has 1 aromatic heterocycles. The summed E-state index contributed by atoms with van der Waals surface area (Å²) in [5.74, 6) is -3.34. The molecule has 0 radical (unpaired) electrons. The third-order valence-electron chi connectivity index (χ3n) is 5.36. The summed E-state index contributed by atoms with van der Waals surface area (Å²) in [5, 5.41) is 2.76. The minimum absolute atomic E-state index is 0.147. The summed E-state index contributed by atoms with van der Waals surface area (Å²) in [7, 11) is 2.98. The Balaban J connectivity index is 1.61. The van der Waals surface area contributed by atoms with Gasteiger partial charge >= 0.3 is 0 Å². The Morgan fingerprint density at radius 1 is 1.09 bits per heavy atom. The van der Waals surface area contributed by atoms with E-state index >= 15 is 0 Å². The number of likely N-dealkylation sites (N-methyl/N-ethyl adjacent to an activating group) is 1. The Morgan fingerprint density at radius 3 is 2.62 bits per heavy atom. The highest BCUT2D eigenvalue weighted by Gasteiger charge is 2.33. The lowest BCUT2D eigenvalue weighted by atomic mass is 9.92. The van der Waals surface area contributed by atoms with Gasteiger partial charge in [0.15, 0.2) is 11.6 Å². The first kappa shape index (κ1) is 22.8. The standard InChI is InChI=1S/C25H19F2N3O4/c1-30-21-6-4-16(24(32)29-13-15-7-8-28-22(11-15)34-2)12-17(21)23(31)18(25(30)33)9-14-3-5-19(26)20(27)10-14/h3-12H,13H2,1-2H3,(H,29,32)/b18-9-. The van der Waals surface area contributed by atoms with Crippen molar-refractivity contribution < 1.29 is 27.9 Å². The Kier molecular flexibility index (Phi) is 6.18. The lowest BCUT2D eigenvalue weighted by molar-refractivity contribution is -0.114. The molecule has 9 heteroatoms. The van der Waals surface area contributed by atoms with Gasteiger partial charge in [-0.15, -0.1) is 0 Å². The van der Waals surface area contributed by atoms with Crippen molar-refractivity contribution in [1.82, 2.24) is 10.3 Å². The second-order valence-corrected chi connectivity index (χ2v) is 7.55. The Hall–Kier alpha value is -4.40. The fraction of sp³-hybridized carbons (Fsp3) is 0.120. The van der Waals surface area contributed by atoms with Gasteiger partial charge in [0.2, 0.25) is 11.7 Å². The Morgan fingerprint density at radius 2 is 1.88 bits per heavy atom. The van der Waals surface area contributed by atoms with Crippen LogP contribution in [-0.4, -0.2) is 36.7 Å². The number of carbonyl (C=O) groups is 3. The van der Waals surface area contributed by atoms with Crippen LogP contribution in [0.3, 0.4) is 0 Å². The molecular weight excluding hydrogens is 444 g/mol. The van der Waals surface area contributed by atoms with Crippen LogP contribution in [0.4, 0.5) is 14.5 Å². The molecule has 3 aromatic rings. The third kappa shape index (κ3) is 4.40. The fourth-order valence-corrected chi connectivity index (χ4v) is 3.54. The van der Waals surface area contributed by atoms with Crippen molar-refractivity contribution >= 4 is 29.4 Å². The average molecular weight is 463 g/mol. The highest BCUT2D eigenvalue weighted by Crippen LogP contribution is 2.31. The predicted octanol–water partition coefficient (Wildman–Crippen LogP) is 3.54. The van der Waals surface area contributed by atoms with Crippen molar-refractivity contribution in [3.8, 4) is 5.88 Å². The SMILES string of the molecule is COc1cc(CNC(=O)c2ccc3c(c2)C(=O)/C(=C/c2ccc(F)c(F)c2)C(=O)N3C)ccn1. The highest BCUT2D eigenvalue weighted by molar-refractivity contribution is 6.36. The van der Waals surface area contributed by atoms with Crippen LogP contribution >= 0.6 is 0 Å². The summed E-state index contributed by atoms with van der Waals surface area (Å²) < 4.78 is 31.9. The molecule has 0 saturated carbocycles. The number of ketones is 1. The minimum Gasteiger partial charge on any atom is -0.481 e. The van der Waals surface area contributed by atoms with Gasteiger partial charge in [0.1, 0.15) is 0 Å². The zero-order valence-corrected chi connectivity index (χ0v) is 18.3. The maximum absolute atomic E-state index is 13.6. The van der Waals surface area contributed by atoms with Gasteiger partial charge in [0, 0.05) is 37.0 Å². The van der Waals surface area contributed by atoms with E-state index in [0.717, 1.165) is 17.7 Å². The first-order valence-electron chi connectivity index (χ1n) is 10.2. The number of nitrogens with zero attached hydrogens (tertiary/aromatic N) is 2. The average Bonchev–Trinajstić information content (AvgIpc) is 2.85. The molecule has 0 unspecified atom stereocenters. The molecule has 0 saturated heterocycles. The van der Waals surface area contributed by atoms with Gasteiger partial charge in [-0.1, -0.05) is 6.07 Å². The number of hydrogen-bond acceptors (Lipinski definition) is 5. The molecule has 0 atom stereocenters. The summed E-state index contributed by atoms with van der Waals surface area (Å²) in [6.45, 7) is 0.211. The largest absolute Gasteiger partial charge is 0.481 e. The number of anilines is 1. The van der Waals surface area contributed by atoms with Crippen LogP contribution in [0, 0.1) is 11.6 Å². The molecule has 0 spiro atoms. The number of methoxy groups -OCH3 is 1. The second-order valence-electron chi connectivity index (χ2n) is 7.55. The molecule has 34 heavy (non-hydrogen) atoms. The summed E-state index contributed by atoms with van der Waals surface area (Å²) in [6.07, 6.45) is 2.77. The Bertz CT molecular complexity index is 1350. The van der Waals surface area contributed by atoms with E-state index in [-0.39, 0.29) is 28.8 Å². The number of aromatic nitrogens is 1. The van der Waals surface area contributed by atoms with Crippen molar-refractivity contribution in [2.24, 2.45) is 0 Å². The zero-order valence-electron chi connectivity index (χ0n) is 18.3. The van der Waals surface area contributed by atoms with Gasteiger partial charge in [-0.2, -0.15) is 0 Å². The van der Waals surface area contributed by atoms with Crippen molar-refractivity contribution in [3.63, 3.8) is 0 Å². The van der Waals surface area contributed by atoms with Gasteiger partial charge in [-0.3, -0.25) is 14.4 Å². The quantitative estimate of drug-likeness (QED) is 0.462. The van der Waals surface area contributed by atoms with Crippen LogP contribution in [0.25, 0.3) is 6.08 Å². The summed E-state index contributed by atoms with van der Waals surface area (Å²) >= 11 is 0. The molecule has 7 nitrogen and oxygen atoms in total. The van der Waals surface area contributed by atoms with Crippen molar-refractivity contribution in [1.29, 1.82) is 0 Å². The first-order chi connectivity index (χ1) is 16.3. The van der Waals surface area contributed by atoms with Gasteiger partial charge in [0.05, 0.1) is 18.4 Å². The second kappa shape index (κ2) is 9.22. The van der Waals surface area contributed by atoms with Crippen LogP contribution in [0.5, 0.6) is 5.88 Å². The van der Waals surface area contributed by atoms with E-state index in [2.05, 4.69) is 10.3 Å². The summed E-state index contributed by atoms with van der Waals surface area (Å²) in [4.78, 5) is 43.9. The molecule has 0 bridgehead atoms. The van der Waals surface area contributed by atoms with Crippen LogP contribution < -0.4 is 15.0 Å². The molecule has 2 amide bonds. The normalized spacial score (nSPS) is 14.2. The van der Waals surface area contributed by atoms with E-state index in [1.165, 1.54) is 49.4 Å². The lowest BCUT2D eigenvalue weighted by Crippen LogP contribution is -2.37. The molecule has 1 aliphatic rings. The topological polar surface area (TPSA) is 88.6 Å². The smallest absolute Gasteiger partial charge is 0.262 e. The molecule has 1 N–H and O–H groups in total. The van der Waals surface area contributed by atoms with E-state index in [1.54, 1.807) is 18.3 Å². The maximum atomic E-state index is 13.6. The molecule has 4 rings (SSSR count). The molecular formula is C25H19F2N3O4. The number of carbonyl (C=O) groups excluding carboxylic acids is 3. The number of benzene rings is 2. The third-order valence-corrected chi connectivity index (χ3v) is 5.36. The van der Waals surface area contributed by atoms with Crippen molar-refractivity contribution in [3.05, 3.63) is 94.2 Å². The number of halogens is 2. The van der Waals surface area contributed by atoms with E-state index in [4.69, 9.17) is 4.74 Å². The van der Waals surface area contributed by atoms with Gasteiger partial charge in [-0.05, 0) is 53.6 Å². The molecule has 1 aliphatic heterocycles. The number of hydrogen-bond donors (Lipinski definition) is 1. The van der Waals surface area contributed by atoms with Crippen LogP contribution in [-0.2, 0) is 11.3 Å². The van der Waals surface area contributed by atoms with Gasteiger partial charge in [0.25, 0.3) is 11.8 Å². The van der Waals surface area contributed by atoms with E-state index in [9.17, 15) is 23.2 Å². The molecule has 172 valence electrons. The minimum atomic E-state index is -1.09. The highest BCUT2D eigenvalue weighted by atomic mass is 19.2. The summed E-state index contributed by atoms with van der Waals surface area (Å²) in [6, 6.07) is 10.9. The molecule has 2 heterocycles. The Labute approximate surface area is 193 Å². The lowest BCUT2D eigenvalue weighted by Gasteiger charge is -2.27. The number of nitrogens with one attached hydrogen (secondary N) is 1. The molecule has 0 aliphatic carbocycles. The van der Waals surface area contributed by atoms with E-state index < -0.39 is 29.2 Å². The van der Waals surface area contributed by atoms with Crippen LogP contribution in [0.1, 0.15) is 31.8 Å². The van der Waals surface area contributed by atoms with Gasteiger partial charge in [-0.25, -0.2) is 13.8 Å². The van der Waals surface area contributed by atoms with Crippen molar-refractivity contribution in [2.45, 2.75) is 6.54 Å². The van der Waals surface area contributed by atoms with Crippen LogP contribution in [0.2, 0.25) is 0 Å². The van der Waals surface area contributed by atoms with Crippen molar-refractivity contribution in [2.75, 3.05) is 19.1 Å². The van der Waals surface area contributed by atoms with Gasteiger partial charge < -0.3 is 15.0 Å². The monoisotopic (exact) mass is 463 g/mol. The number of pyridine rings is 1. The molecule has 2 aromatic carbocycles.